The molecule has 1 aliphatic rings. The van der Waals surface area contributed by atoms with Crippen LogP contribution in [0.4, 0.5) is 0 Å². The molecule has 1 aromatic rings. The molecule has 0 fully saturated rings. The van der Waals surface area contributed by atoms with E-state index in [-0.39, 0.29) is 0 Å². The van der Waals surface area contributed by atoms with E-state index in [4.69, 9.17) is 4.74 Å². The van der Waals surface area contributed by atoms with Crippen LogP contribution in [0.3, 0.4) is 0 Å². The van der Waals surface area contributed by atoms with Gasteiger partial charge in [-0.2, -0.15) is 0 Å². The van der Waals surface area contributed by atoms with Crippen molar-refractivity contribution in [3.8, 4) is 0 Å². The summed E-state index contributed by atoms with van der Waals surface area (Å²) in [4.78, 5) is 4.11. The highest BCUT2D eigenvalue weighted by molar-refractivity contribution is 5.19. The summed E-state index contributed by atoms with van der Waals surface area (Å²) in [5.41, 5.74) is 1.60. The van der Waals surface area contributed by atoms with Crippen LogP contribution in [0.25, 0.3) is 0 Å². The number of aromatic nitrogens is 1. The normalized spacial score (nSPS) is 18.2. The number of rotatable bonds is 2. The predicted octanol–water partition coefficient (Wildman–Crippen LogP) is 1.81. The molecule has 2 rings (SSSR count). The second-order valence-corrected chi connectivity index (χ2v) is 3.32. The van der Waals surface area contributed by atoms with E-state index < -0.39 is 6.10 Å². The number of aliphatic hydroxyl groups excluding tert-OH is 1. The maximum absolute atomic E-state index is 9.93. The minimum absolute atomic E-state index is 0.614. The molecule has 3 heteroatoms. The molecule has 0 amide bonds. The molecule has 0 aliphatic carbocycles. The SMILES string of the molecule is OC(C1=COCCC1)c1ccccn1. The van der Waals surface area contributed by atoms with Gasteiger partial charge in [-0.15, -0.1) is 0 Å². The van der Waals surface area contributed by atoms with Crippen LogP contribution in [-0.4, -0.2) is 16.7 Å². The largest absolute Gasteiger partial charge is 0.501 e. The lowest BCUT2D eigenvalue weighted by atomic mass is 10.0. The molecule has 14 heavy (non-hydrogen) atoms. The van der Waals surface area contributed by atoms with Crippen molar-refractivity contribution in [3.63, 3.8) is 0 Å². The monoisotopic (exact) mass is 191 g/mol. The van der Waals surface area contributed by atoms with E-state index in [0.29, 0.717) is 5.69 Å². The fourth-order valence-corrected chi connectivity index (χ4v) is 1.51. The highest BCUT2D eigenvalue weighted by atomic mass is 16.5. The van der Waals surface area contributed by atoms with Crippen molar-refractivity contribution in [2.75, 3.05) is 6.61 Å². The fourth-order valence-electron chi connectivity index (χ4n) is 1.51. The van der Waals surface area contributed by atoms with Crippen LogP contribution in [-0.2, 0) is 4.74 Å². The van der Waals surface area contributed by atoms with Gasteiger partial charge in [0.05, 0.1) is 18.6 Å². The molecule has 0 bridgehead atoms. The summed E-state index contributed by atoms with van der Waals surface area (Å²) in [5, 5.41) is 9.93. The molecule has 1 N–H and O–H groups in total. The maximum atomic E-state index is 9.93. The Bertz CT molecular complexity index is 321. The van der Waals surface area contributed by atoms with Crippen LogP contribution in [0.1, 0.15) is 24.6 Å². The first kappa shape index (κ1) is 9.21. The van der Waals surface area contributed by atoms with Gasteiger partial charge in [0.25, 0.3) is 0 Å². The second kappa shape index (κ2) is 4.24. The van der Waals surface area contributed by atoms with Crippen LogP contribution in [0, 0.1) is 0 Å². The molecule has 0 saturated carbocycles. The standard InChI is InChI=1S/C11H13NO2/c13-11(9-4-3-7-14-8-9)10-5-1-2-6-12-10/h1-2,5-6,8,11,13H,3-4,7H2. The summed E-state index contributed by atoms with van der Waals surface area (Å²) in [5.74, 6) is 0. The third-order valence-electron chi connectivity index (χ3n) is 2.28. The lowest BCUT2D eigenvalue weighted by molar-refractivity contribution is 0.167. The van der Waals surface area contributed by atoms with Crippen molar-refractivity contribution in [3.05, 3.63) is 41.9 Å². The van der Waals surface area contributed by atoms with E-state index in [2.05, 4.69) is 4.98 Å². The lowest BCUT2D eigenvalue weighted by Gasteiger charge is -2.18. The highest BCUT2D eigenvalue weighted by Crippen LogP contribution is 2.25. The van der Waals surface area contributed by atoms with Crippen molar-refractivity contribution >= 4 is 0 Å². The Kier molecular flexibility index (Phi) is 2.79. The van der Waals surface area contributed by atoms with Gasteiger partial charge < -0.3 is 9.84 Å². The topological polar surface area (TPSA) is 42.4 Å². The van der Waals surface area contributed by atoms with Gasteiger partial charge in [0.2, 0.25) is 0 Å². The number of ether oxygens (including phenoxy) is 1. The lowest BCUT2D eigenvalue weighted by Crippen LogP contribution is -2.08. The average molecular weight is 191 g/mol. The highest BCUT2D eigenvalue weighted by Gasteiger charge is 2.16. The molecular formula is C11H13NO2. The van der Waals surface area contributed by atoms with Gasteiger partial charge in [0.15, 0.2) is 0 Å². The van der Waals surface area contributed by atoms with Crippen LogP contribution in [0.15, 0.2) is 36.2 Å². The zero-order valence-corrected chi connectivity index (χ0v) is 7.89. The Balaban J connectivity index is 2.15. The molecule has 0 aromatic carbocycles. The van der Waals surface area contributed by atoms with Crippen LogP contribution < -0.4 is 0 Å². The Morgan fingerprint density at radius 3 is 3.00 bits per heavy atom. The smallest absolute Gasteiger partial charge is 0.120 e. The Hall–Kier alpha value is -1.35. The molecule has 1 unspecified atom stereocenters. The second-order valence-electron chi connectivity index (χ2n) is 3.32. The first-order valence-corrected chi connectivity index (χ1v) is 4.77. The molecule has 1 aliphatic heterocycles. The molecule has 3 nitrogen and oxygen atoms in total. The van der Waals surface area contributed by atoms with E-state index in [0.717, 1.165) is 25.0 Å². The van der Waals surface area contributed by atoms with E-state index in [9.17, 15) is 5.11 Å². The summed E-state index contributed by atoms with van der Waals surface area (Å²) in [7, 11) is 0. The molecule has 0 saturated heterocycles. The molecule has 1 aromatic heterocycles. The number of aliphatic hydroxyl groups is 1. The third kappa shape index (κ3) is 1.93. The summed E-state index contributed by atoms with van der Waals surface area (Å²) in [6, 6.07) is 5.53. The van der Waals surface area contributed by atoms with Gasteiger partial charge in [-0.05, 0) is 30.5 Å². The Labute approximate surface area is 83.1 Å². The first-order valence-electron chi connectivity index (χ1n) is 4.77. The van der Waals surface area contributed by atoms with Crippen molar-refractivity contribution < 1.29 is 9.84 Å². The minimum Gasteiger partial charge on any atom is -0.501 e. The van der Waals surface area contributed by atoms with E-state index in [1.807, 2.05) is 18.2 Å². The van der Waals surface area contributed by atoms with E-state index in [1.165, 1.54) is 0 Å². The van der Waals surface area contributed by atoms with Gasteiger partial charge in [-0.1, -0.05) is 6.07 Å². The van der Waals surface area contributed by atoms with Crippen LogP contribution in [0.5, 0.6) is 0 Å². The van der Waals surface area contributed by atoms with Crippen LogP contribution >= 0.6 is 0 Å². The summed E-state index contributed by atoms with van der Waals surface area (Å²) in [6.45, 7) is 0.748. The number of nitrogens with zero attached hydrogens (tertiary/aromatic N) is 1. The summed E-state index contributed by atoms with van der Waals surface area (Å²) < 4.78 is 5.17. The first-order chi connectivity index (χ1) is 6.88. The molecule has 74 valence electrons. The minimum atomic E-state index is -0.614. The van der Waals surface area contributed by atoms with Gasteiger partial charge in [0.1, 0.15) is 6.10 Å². The van der Waals surface area contributed by atoms with Crippen molar-refractivity contribution in [2.45, 2.75) is 18.9 Å². The molecule has 0 spiro atoms. The van der Waals surface area contributed by atoms with Crippen LogP contribution in [0.2, 0.25) is 0 Å². The van der Waals surface area contributed by atoms with Crippen molar-refractivity contribution in [1.82, 2.24) is 4.98 Å². The molecule has 0 radical (unpaired) electrons. The predicted molar refractivity (Wildman–Crippen MR) is 52.5 cm³/mol. The Morgan fingerprint density at radius 1 is 1.43 bits per heavy atom. The fraction of sp³-hybridized carbons (Fsp3) is 0.364. The number of hydrogen-bond donors (Lipinski definition) is 1. The van der Waals surface area contributed by atoms with E-state index >= 15 is 0 Å². The zero-order chi connectivity index (χ0) is 9.80. The zero-order valence-electron chi connectivity index (χ0n) is 7.89. The van der Waals surface area contributed by atoms with E-state index in [1.54, 1.807) is 12.5 Å². The quantitative estimate of drug-likeness (QED) is 0.775. The Morgan fingerprint density at radius 2 is 2.36 bits per heavy atom. The van der Waals surface area contributed by atoms with Gasteiger partial charge in [-0.25, -0.2) is 0 Å². The maximum Gasteiger partial charge on any atom is 0.120 e. The average Bonchev–Trinajstić information content (AvgIpc) is 2.30. The number of pyridine rings is 1. The number of hydrogen-bond acceptors (Lipinski definition) is 3. The molecular weight excluding hydrogens is 178 g/mol. The molecule has 1 atom stereocenters. The summed E-state index contributed by atoms with van der Waals surface area (Å²) >= 11 is 0. The summed E-state index contributed by atoms with van der Waals surface area (Å²) in [6.07, 6.45) is 4.58. The van der Waals surface area contributed by atoms with Crippen molar-refractivity contribution in [1.29, 1.82) is 0 Å². The van der Waals surface area contributed by atoms with Gasteiger partial charge >= 0.3 is 0 Å². The van der Waals surface area contributed by atoms with Gasteiger partial charge in [0, 0.05) is 6.20 Å². The third-order valence-corrected chi connectivity index (χ3v) is 2.28. The molecule has 2 heterocycles. The van der Waals surface area contributed by atoms with Gasteiger partial charge in [-0.3, -0.25) is 4.98 Å². The van der Waals surface area contributed by atoms with Crippen molar-refractivity contribution in [2.24, 2.45) is 0 Å².